The van der Waals surface area contributed by atoms with Gasteiger partial charge in [0.05, 0.1) is 13.2 Å². The predicted octanol–water partition coefficient (Wildman–Crippen LogP) is 3.02. The summed E-state index contributed by atoms with van der Waals surface area (Å²) in [5.41, 5.74) is 3.68. The summed E-state index contributed by atoms with van der Waals surface area (Å²) in [5.74, 6) is 0. The molecule has 1 aromatic rings. The van der Waals surface area contributed by atoms with Crippen molar-refractivity contribution in [3.8, 4) is 0 Å². The van der Waals surface area contributed by atoms with E-state index in [4.69, 9.17) is 4.74 Å². The van der Waals surface area contributed by atoms with Crippen LogP contribution in [0.5, 0.6) is 0 Å². The van der Waals surface area contributed by atoms with Gasteiger partial charge in [-0.15, -0.1) is 0 Å². The fourth-order valence-electron chi connectivity index (χ4n) is 3.31. The second kappa shape index (κ2) is 6.71. The number of aliphatic hydroxyl groups is 1. The van der Waals surface area contributed by atoms with Gasteiger partial charge in [0.1, 0.15) is 0 Å². The highest BCUT2D eigenvalue weighted by molar-refractivity contribution is 5.76. The molecule has 2 aliphatic rings. The van der Waals surface area contributed by atoms with Crippen molar-refractivity contribution in [2.75, 3.05) is 33.4 Å². The molecule has 2 heterocycles. The summed E-state index contributed by atoms with van der Waals surface area (Å²) in [4.78, 5) is 4.33. The molecule has 1 aromatic carbocycles. The van der Waals surface area contributed by atoms with Crippen LogP contribution in [0.1, 0.15) is 37.9 Å². The summed E-state index contributed by atoms with van der Waals surface area (Å²) in [6.45, 7) is 9.69. The lowest BCUT2D eigenvalue weighted by molar-refractivity contribution is -0.0195. The molecule has 0 aromatic heterocycles. The molecule has 0 saturated carbocycles. The van der Waals surface area contributed by atoms with Crippen molar-refractivity contribution in [2.24, 2.45) is 0 Å². The van der Waals surface area contributed by atoms with Crippen molar-refractivity contribution in [1.29, 1.82) is 0 Å². The first-order valence-electron chi connectivity index (χ1n) is 8.67. The first-order chi connectivity index (χ1) is 11.4. The predicted molar refractivity (Wildman–Crippen MR) is 97.4 cm³/mol. The van der Waals surface area contributed by atoms with E-state index in [-0.39, 0.29) is 0 Å². The quantitative estimate of drug-likeness (QED) is 0.925. The lowest BCUT2D eigenvalue weighted by atomic mass is 9.94. The van der Waals surface area contributed by atoms with Crippen molar-refractivity contribution in [2.45, 2.75) is 32.5 Å². The smallest absolute Gasteiger partial charge is 0.156 e. The molecule has 4 nitrogen and oxygen atoms in total. The lowest BCUT2D eigenvalue weighted by Crippen LogP contribution is -2.43. The van der Waals surface area contributed by atoms with Gasteiger partial charge in [-0.1, -0.05) is 24.3 Å². The fraction of sp³-hybridized carbons (Fsp3) is 0.500. The van der Waals surface area contributed by atoms with Crippen molar-refractivity contribution in [1.82, 2.24) is 9.80 Å². The van der Waals surface area contributed by atoms with E-state index < -0.39 is 5.72 Å². The Bertz CT molecular complexity index is 640. The van der Waals surface area contributed by atoms with Crippen LogP contribution in [0.15, 0.2) is 42.1 Å². The van der Waals surface area contributed by atoms with E-state index in [1.165, 1.54) is 11.1 Å². The van der Waals surface area contributed by atoms with E-state index in [0.29, 0.717) is 6.04 Å². The molecule has 0 aliphatic carbocycles. The number of benzene rings is 1. The van der Waals surface area contributed by atoms with Gasteiger partial charge in [0.2, 0.25) is 0 Å². The van der Waals surface area contributed by atoms with Gasteiger partial charge in [-0.2, -0.15) is 0 Å². The maximum absolute atomic E-state index is 10.4. The van der Waals surface area contributed by atoms with E-state index in [1.807, 2.05) is 32.0 Å². The zero-order valence-corrected chi connectivity index (χ0v) is 15.1. The fourth-order valence-corrected chi connectivity index (χ4v) is 3.31. The third-order valence-electron chi connectivity index (χ3n) is 5.46. The summed E-state index contributed by atoms with van der Waals surface area (Å²) in [6.07, 6.45) is 4.08. The lowest BCUT2D eigenvalue weighted by Gasteiger charge is -2.37. The number of rotatable bonds is 3. The van der Waals surface area contributed by atoms with Crippen LogP contribution in [0.4, 0.5) is 0 Å². The molecule has 2 aliphatic heterocycles. The first kappa shape index (κ1) is 17.2. The van der Waals surface area contributed by atoms with Crippen LogP contribution in [-0.4, -0.2) is 54.0 Å². The molecule has 130 valence electrons. The highest BCUT2D eigenvalue weighted by atomic mass is 16.5. The largest absolute Gasteiger partial charge is 0.379 e. The molecular weight excluding hydrogens is 300 g/mol. The highest BCUT2D eigenvalue weighted by Crippen LogP contribution is 2.32. The number of ether oxygens (including phenoxy) is 1. The van der Waals surface area contributed by atoms with E-state index in [2.05, 4.69) is 42.2 Å². The van der Waals surface area contributed by atoms with Crippen LogP contribution in [0.25, 0.3) is 5.57 Å². The molecule has 0 spiro atoms. The van der Waals surface area contributed by atoms with E-state index in [9.17, 15) is 5.11 Å². The number of hydrogen-bond acceptors (Lipinski definition) is 4. The minimum atomic E-state index is -0.908. The molecule has 24 heavy (non-hydrogen) atoms. The van der Waals surface area contributed by atoms with Gasteiger partial charge in [0.25, 0.3) is 0 Å². The minimum Gasteiger partial charge on any atom is -0.379 e. The number of morpholine rings is 1. The number of hydrogen-bond donors (Lipinski definition) is 1. The zero-order valence-electron chi connectivity index (χ0n) is 15.1. The Morgan fingerprint density at radius 1 is 1.17 bits per heavy atom. The normalized spacial score (nSPS) is 26.8. The summed E-state index contributed by atoms with van der Waals surface area (Å²) in [6, 6.07) is 9.19. The molecule has 3 rings (SSSR count). The molecule has 2 unspecified atom stereocenters. The highest BCUT2D eigenvalue weighted by Gasteiger charge is 2.29. The summed E-state index contributed by atoms with van der Waals surface area (Å²) in [7, 11) is 1.91. The van der Waals surface area contributed by atoms with Gasteiger partial charge < -0.3 is 14.7 Å². The number of likely N-dealkylation sites (N-methyl/N-ethyl adjacent to an activating group) is 1. The SMILES string of the molecule is CC1=CC(c2ccc(C(C)N3CCOCC3)cc2)=CN(C)C1(C)O. The topological polar surface area (TPSA) is 35.9 Å². The van der Waals surface area contributed by atoms with Gasteiger partial charge in [0, 0.05) is 32.4 Å². The van der Waals surface area contributed by atoms with Gasteiger partial charge in [-0.3, -0.25) is 4.90 Å². The maximum Gasteiger partial charge on any atom is 0.156 e. The average molecular weight is 328 g/mol. The number of allylic oxidation sites excluding steroid dienone is 2. The molecule has 1 fully saturated rings. The van der Waals surface area contributed by atoms with Crippen LogP contribution >= 0.6 is 0 Å². The Kier molecular flexibility index (Phi) is 4.81. The van der Waals surface area contributed by atoms with E-state index in [1.54, 1.807) is 0 Å². The third kappa shape index (κ3) is 3.27. The van der Waals surface area contributed by atoms with Crippen LogP contribution < -0.4 is 0 Å². The molecule has 1 saturated heterocycles. The maximum atomic E-state index is 10.4. The average Bonchev–Trinajstić information content (AvgIpc) is 2.60. The van der Waals surface area contributed by atoms with Gasteiger partial charge >= 0.3 is 0 Å². The summed E-state index contributed by atoms with van der Waals surface area (Å²) < 4.78 is 5.44. The first-order valence-corrected chi connectivity index (χ1v) is 8.67. The Labute approximate surface area is 145 Å². The second-order valence-electron chi connectivity index (χ2n) is 6.99. The third-order valence-corrected chi connectivity index (χ3v) is 5.46. The van der Waals surface area contributed by atoms with Gasteiger partial charge in [-0.25, -0.2) is 0 Å². The van der Waals surface area contributed by atoms with E-state index >= 15 is 0 Å². The van der Waals surface area contributed by atoms with E-state index in [0.717, 1.165) is 37.4 Å². The molecule has 0 bridgehead atoms. The Hall–Kier alpha value is -1.62. The Morgan fingerprint density at radius 3 is 2.38 bits per heavy atom. The molecule has 0 amide bonds. The summed E-state index contributed by atoms with van der Waals surface area (Å²) in [5, 5.41) is 10.4. The van der Waals surface area contributed by atoms with Crippen LogP contribution in [0, 0.1) is 0 Å². The van der Waals surface area contributed by atoms with Crippen molar-refractivity contribution in [3.05, 3.63) is 53.2 Å². The Balaban J connectivity index is 1.78. The molecular formula is C20H28N2O2. The molecule has 0 radical (unpaired) electrons. The van der Waals surface area contributed by atoms with Crippen LogP contribution in [0.3, 0.4) is 0 Å². The molecule has 4 heteroatoms. The zero-order chi connectivity index (χ0) is 17.3. The molecule has 2 atom stereocenters. The van der Waals surface area contributed by atoms with Crippen LogP contribution in [-0.2, 0) is 4.74 Å². The standard InChI is InChI=1S/C20H28N2O2/c1-15-13-19(14-21(4)20(15,3)23)18-7-5-17(6-8-18)16(2)22-9-11-24-12-10-22/h5-8,13-14,16,23H,9-12H2,1-4H3. The van der Waals surface area contributed by atoms with Gasteiger partial charge in [0.15, 0.2) is 5.72 Å². The Morgan fingerprint density at radius 2 is 1.79 bits per heavy atom. The summed E-state index contributed by atoms with van der Waals surface area (Å²) >= 11 is 0. The number of nitrogens with zero attached hydrogens (tertiary/aromatic N) is 2. The second-order valence-corrected chi connectivity index (χ2v) is 6.99. The van der Waals surface area contributed by atoms with Crippen molar-refractivity contribution in [3.63, 3.8) is 0 Å². The molecule has 1 N–H and O–H groups in total. The monoisotopic (exact) mass is 328 g/mol. The van der Waals surface area contributed by atoms with Crippen molar-refractivity contribution >= 4 is 5.57 Å². The van der Waals surface area contributed by atoms with Crippen molar-refractivity contribution < 1.29 is 9.84 Å². The van der Waals surface area contributed by atoms with Crippen LogP contribution in [0.2, 0.25) is 0 Å². The minimum absolute atomic E-state index is 0.406. The van der Waals surface area contributed by atoms with Gasteiger partial charge in [-0.05, 0) is 49.1 Å².